The molecule has 3 rings (SSSR count). The van der Waals surface area contributed by atoms with Crippen LogP contribution in [-0.4, -0.2) is 46.3 Å². The Hall–Kier alpha value is -2.63. The van der Waals surface area contributed by atoms with Gasteiger partial charge in [-0.2, -0.15) is 5.10 Å². The molecule has 1 aromatic carbocycles. The number of carbonyl (C=O) groups excluding carboxylic acids is 2. The fraction of sp³-hybridized carbons (Fsp3) is 0.450. The molecule has 1 amide bonds. The Morgan fingerprint density at radius 1 is 1.19 bits per heavy atom. The van der Waals surface area contributed by atoms with Gasteiger partial charge in [0.2, 0.25) is 0 Å². The van der Waals surface area contributed by atoms with Crippen LogP contribution in [0.15, 0.2) is 36.5 Å². The van der Waals surface area contributed by atoms with Gasteiger partial charge in [0.15, 0.2) is 6.61 Å². The van der Waals surface area contributed by atoms with E-state index in [2.05, 4.69) is 5.10 Å². The zero-order valence-corrected chi connectivity index (χ0v) is 15.4. The van der Waals surface area contributed by atoms with Crippen molar-refractivity contribution >= 4 is 11.9 Å². The lowest BCUT2D eigenvalue weighted by Gasteiger charge is -2.31. The number of rotatable bonds is 5. The highest BCUT2D eigenvalue weighted by molar-refractivity contribution is 5.92. The first kappa shape index (κ1) is 18.2. The highest BCUT2D eigenvalue weighted by Crippen LogP contribution is 2.21. The van der Waals surface area contributed by atoms with Crippen LogP contribution < -0.4 is 0 Å². The molecule has 2 aromatic rings. The third-order valence-electron chi connectivity index (χ3n) is 5.07. The van der Waals surface area contributed by atoms with Crippen LogP contribution in [-0.2, 0) is 9.53 Å². The van der Waals surface area contributed by atoms with Gasteiger partial charge in [-0.15, -0.1) is 0 Å². The van der Waals surface area contributed by atoms with E-state index in [1.165, 1.54) is 12.6 Å². The van der Waals surface area contributed by atoms with Gasteiger partial charge in [-0.25, -0.2) is 9.48 Å². The first-order valence-electron chi connectivity index (χ1n) is 9.10. The molecule has 0 saturated heterocycles. The number of amides is 1. The first-order chi connectivity index (χ1) is 12.6. The molecule has 26 heavy (non-hydrogen) atoms. The molecule has 6 heteroatoms. The van der Waals surface area contributed by atoms with Gasteiger partial charge in [-0.05, 0) is 31.9 Å². The number of esters is 1. The molecule has 1 heterocycles. The average molecular weight is 355 g/mol. The number of para-hydroxylation sites is 1. The fourth-order valence-corrected chi connectivity index (χ4v) is 3.42. The molecule has 1 saturated carbocycles. The summed E-state index contributed by atoms with van der Waals surface area (Å²) in [4.78, 5) is 26.4. The third kappa shape index (κ3) is 3.95. The van der Waals surface area contributed by atoms with E-state index in [4.69, 9.17) is 4.74 Å². The number of aromatic nitrogens is 2. The van der Waals surface area contributed by atoms with Crippen molar-refractivity contribution < 1.29 is 14.3 Å². The Balaban J connectivity index is 1.60. The summed E-state index contributed by atoms with van der Waals surface area (Å²) >= 11 is 0. The Labute approximate surface area is 153 Å². The maximum atomic E-state index is 12.4. The number of hydrogen-bond donors (Lipinski definition) is 0. The summed E-state index contributed by atoms with van der Waals surface area (Å²) in [6.45, 7) is 1.58. The van der Waals surface area contributed by atoms with E-state index >= 15 is 0 Å². The molecular weight excluding hydrogens is 330 g/mol. The van der Waals surface area contributed by atoms with Crippen LogP contribution in [0.5, 0.6) is 0 Å². The second-order valence-corrected chi connectivity index (χ2v) is 6.76. The topological polar surface area (TPSA) is 64.4 Å². The van der Waals surface area contributed by atoms with Crippen molar-refractivity contribution in [1.82, 2.24) is 14.7 Å². The maximum absolute atomic E-state index is 12.4. The normalized spacial score (nSPS) is 14.8. The van der Waals surface area contributed by atoms with E-state index in [0.29, 0.717) is 11.3 Å². The van der Waals surface area contributed by atoms with Crippen molar-refractivity contribution in [2.24, 2.45) is 0 Å². The number of carbonyl (C=O) groups is 2. The van der Waals surface area contributed by atoms with Gasteiger partial charge in [-0.3, -0.25) is 4.79 Å². The molecule has 0 spiro atoms. The van der Waals surface area contributed by atoms with Crippen LogP contribution >= 0.6 is 0 Å². The van der Waals surface area contributed by atoms with E-state index in [0.717, 1.165) is 31.4 Å². The molecule has 0 radical (unpaired) electrons. The van der Waals surface area contributed by atoms with Crippen LogP contribution in [0.4, 0.5) is 0 Å². The van der Waals surface area contributed by atoms with Crippen molar-refractivity contribution in [1.29, 1.82) is 0 Å². The molecule has 1 fully saturated rings. The summed E-state index contributed by atoms with van der Waals surface area (Å²) in [6, 6.07) is 9.83. The number of nitrogens with zero attached hydrogens (tertiary/aromatic N) is 3. The Bertz CT molecular complexity index is 764. The maximum Gasteiger partial charge on any atom is 0.342 e. The zero-order chi connectivity index (χ0) is 18.5. The minimum atomic E-state index is -0.518. The number of likely N-dealkylation sites (N-methyl/N-ethyl adjacent to an activating group) is 1. The van der Waals surface area contributed by atoms with Gasteiger partial charge < -0.3 is 9.64 Å². The van der Waals surface area contributed by atoms with Gasteiger partial charge in [-0.1, -0.05) is 37.5 Å². The third-order valence-corrected chi connectivity index (χ3v) is 5.07. The molecule has 0 aliphatic heterocycles. The van der Waals surface area contributed by atoms with Crippen LogP contribution in [0, 0.1) is 6.92 Å². The van der Waals surface area contributed by atoms with Crippen LogP contribution in [0.3, 0.4) is 0 Å². The van der Waals surface area contributed by atoms with Crippen molar-refractivity contribution in [2.75, 3.05) is 13.7 Å². The molecule has 1 aliphatic rings. The van der Waals surface area contributed by atoms with E-state index in [9.17, 15) is 9.59 Å². The first-order valence-corrected chi connectivity index (χ1v) is 9.10. The monoisotopic (exact) mass is 355 g/mol. The van der Waals surface area contributed by atoms with E-state index < -0.39 is 5.97 Å². The number of hydrogen-bond acceptors (Lipinski definition) is 4. The van der Waals surface area contributed by atoms with Crippen LogP contribution in [0.1, 0.15) is 48.2 Å². The largest absolute Gasteiger partial charge is 0.452 e. The molecule has 0 bridgehead atoms. The number of benzene rings is 1. The Morgan fingerprint density at radius 3 is 2.58 bits per heavy atom. The van der Waals surface area contributed by atoms with Crippen molar-refractivity contribution in [3.8, 4) is 5.69 Å². The Morgan fingerprint density at radius 2 is 1.88 bits per heavy atom. The lowest BCUT2D eigenvalue weighted by molar-refractivity contribution is -0.135. The van der Waals surface area contributed by atoms with Crippen molar-refractivity contribution in [3.63, 3.8) is 0 Å². The molecular formula is C20H25N3O3. The molecule has 1 aliphatic carbocycles. The highest BCUT2D eigenvalue weighted by atomic mass is 16.5. The minimum absolute atomic E-state index is 0.154. The van der Waals surface area contributed by atoms with E-state index in [-0.39, 0.29) is 18.6 Å². The minimum Gasteiger partial charge on any atom is -0.452 e. The van der Waals surface area contributed by atoms with Crippen molar-refractivity contribution in [3.05, 3.63) is 47.8 Å². The molecule has 6 nitrogen and oxygen atoms in total. The molecule has 0 unspecified atom stereocenters. The number of ether oxygens (including phenoxy) is 1. The summed E-state index contributed by atoms with van der Waals surface area (Å²) < 4.78 is 6.94. The van der Waals surface area contributed by atoms with Gasteiger partial charge in [0.25, 0.3) is 5.91 Å². The molecule has 0 N–H and O–H groups in total. The lowest BCUT2D eigenvalue weighted by atomic mass is 9.94. The van der Waals surface area contributed by atoms with Crippen LogP contribution in [0.2, 0.25) is 0 Å². The summed E-state index contributed by atoms with van der Waals surface area (Å²) in [6.07, 6.45) is 7.08. The highest BCUT2D eigenvalue weighted by Gasteiger charge is 2.24. The van der Waals surface area contributed by atoms with Gasteiger partial charge in [0.1, 0.15) is 5.56 Å². The lowest BCUT2D eigenvalue weighted by Crippen LogP contribution is -2.40. The van der Waals surface area contributed by atoms with Gasteiger partial charge in [0, 0.05) is 13.1 Å². The standard InChI is InChI=1S/C20H25N3O3/c1-15-18(13-21-23(15)17-11-7-4-8-12-17)20(25)26-14-19(24)22(2)16-9-5-3-6-10-16/h4,7-8,11-13,16H,3,5-6,9-10,14H2,1-2H3. The van der Waals surface area contributed by atoms with E-state index in [1.807, 2.05) is 37.3 Å². The second-order valence-electron chi connectivity index (χ2n) is 6.76. The molecule has 1 aromatic heterocycles. The van der Waals surface area contributed by atoms with Gasteiger partial charge in [0.05, 0.1) is 17.6 Å². The SMILES string of the molecule is Cc1c(C(=O)OCC(=O)N(C)C2CCCCC2)cnn1-c1ccccc1. The summed E-state index contributed by atoms with van der Waals surface area (Å²) in [5.74, 6) is -0.673. The summed E-state index contributed by atoms with van der Waals surface area (Å²) in [5, 5.41) is 4.26. The second kappa shape index (κ2) is 8.17. The zero-order valence-electron chi connectivity index (χ0n) is 15.4. The summed E-state index contributed by atoms with van der Waals surface area (Å²) in [7, 11) is 1.80. The predicted molar refractivity (Wildman–Crippen MR) is 98.2 cm³/mol. The molecule has 138 valence electrons. The summed E-state index contributed by atoms with van der Waals surface area (Å²) in [5.41, 5.74) is 1.94. The van der Waals surface area contributed by atoms with Crippen LogP contribution in [0.25, 0.3) is 5.69 Å². The van der Waals surface area contributed by atoms with Crippen molar-refractivity contribution in [2.45, 2.75) is 45.1 Å². The predicted octanol–water partition coefficient (Wildman–Crippen LogP) is 3.13. The van der Waals surface area contributed by atoms with Gasteiger partial charge >= 0.3 is 5.97 Å². The fourth-order valence-electron chi connectivity index (χ4n) is 3.42. The quantitative estimate of drug-likeness (QED) is 0.773. The van der Waals surface area contributed by atoms with E-state index in [1.54, 1.807) is 16.6 Å². The Kier molecular flexibility index (Phi) is 5.71. The smallest absolute Gasteiger partial charge is 0.342 e. The molecule has 0 atom stereocenters. The average Bonchev–Trinajstić information content (AvgIpc) is 3.08.